The molecule has 0 spiro atoms. The van der Waals surface area contributed by atoms with E-state index in [0.29, 0.717) is 12.5 Å². The van der Waals surface area contributed by atoms with Gasteiger partial charge in [-0.2, -0.15) is 5.10 Å². The summed E-state index contributed by atoms with van der Waals surface area (Å²) >= 11 is 2.86. The van der Waals surface area contributed by atoms with Crippen LogP contribution in [0.3, 0.4) is 0 Å². The molecule has 1 heterocycles. The van der Waals surface area contributed by atoms with E-state index in [0.717, 1.165) is 23.0 Å². The molecule has 0 radical (unpaired) electrons. The van der Waals surface area contributed by atoms with Crippen molar-refractivity contribution >= 4 is 31.6 Å². The lowest BCUT2D eigenvalue weighted by Crippen LogP contribution is -2.34. The fourth-order valence-electron chi connectivity index (χ4n) is 2.67. The first-order valence-corrected chi connectivity index (χ1v) is 9.86. The first kappa shape index (κ1) is 20.5. The van der Waals surface area contributed by atoms with Gasteiger partial charge in [0.15, 0.2) is 4.90 Å². The van der Waals surface area contributed by atoms with Crippen LogP contribution >= 0.6 is 15.9 Å². The molecule has 8 nitrogen and oxygen atoms in total. The number of hydrogen-bond acceptors (Lipinski definition) is 5. The Morgan fingerprint density at radius 3 is 2.54 bits per heavy atom. The molecular formula is C15H18BrFN4O4S. The normalized spacial score (nSPS) is 13.0. The zero-order valence-corrected chi connectivity index (χ0v) is 17.0. The number of hydrogen-bond donors (Lipinski definition) is 1. The first-order valence-electron chi connectivity index (χ1n) is 7.59. The average molecular weight is 449 g/mol. The van der Waals surface area contributed by atoms with Crippen molar-refractivity contribution in [2.75, 3.05) is 0 Å². The van der Waals surface area contributed by atoms with Gasteiger partial charge in [-0.05, 0) is 54.8 Å². The second-order valence-electron chi connectivity index (χ2n) is 5.99. The van der Waals surface area contributed by atoms with Gasteiger partial charge in [-0.3, -0.25) is 14.8 Å². The first-order chi connectivity index (χ1) is 11.9. The Morgan fingerprint density at radius 2 is 2.04 bits per heavy atom. The van der Waals surface area contributed by atoms with Crippen LogP contribution in [0, 0.1) is 29.8 Å². The number of halogens is 2. The molecular weight excluding hydrogens is 431 g/mol. The zero-order valence-electron chi connectivity index (χ0n) is 14.6. The van der Waals surface area contributed by atoms with Gasteiger partial charge in [0.1, 0.15) is 5.82 Å². The second kappa shape index (κ2) is 7.41. The Bertz CT molecular complexity index is 975. The second-order valence-corrected chi connectivity index (χ2v) is 8.53. The van der Waals surface area contributed by atoms with Gasteiger partial charge in [0.05, 0.1) is 21.2 Å². The summed E-state index contributed by atoms with van der Waals surface area (Å²) in [5, 5.41) is 15.4. The van der Waals surface area contributed by atoms with Crippen molar-refractivity contribution in [3.63, 3.8) is 0 Å². The van der Waals surface area contributed by atoms with Crippen LogP contribution in [-0.4, -0.2) is 29.2 Å². The minimum atomic E-state index is -4.23. The number of aromatic nitrogens is 2. The summed E-state index contributed by atoms with van der Waals surface area (Å²) in [6, 6.07) is 0.923. The van der Waals surface area contributed by atoms with Crippen LogP contribution in [0.4, 0.5) is 10.1 Å². The number of nitro groups is 1. The van der Waals surface area contributed by atoms with Crippen molar-refractivity contribution in [1.82, 2.24) is 14.5 Å². The van der Waals surface area contributed by atoms with E-state index in [2.05, 4.69) is 25.8 Å². The number of rotatable bonds is 6. The standard InChI is InChI=1S/C15H18BrFN4O4S/c1-8(5-11-9(2)18-20(4)10(11)3)19-26(24,25)15-6-12(16)13(17)7-14(15)21(22)23/h6-8,19H,5H2,1-4H3. The third-order valence-electron chi connectivity index (χ3n) is 4.01. The Hall–Kier alpha value is -1.85. The molecule has 1 atom stereocenters. The van der Waals surface area contributed by atoms with E-state index in [-0.39, 0.29) is 4.47 Å². The number of nitrogens with one attached hydrogen (secondary N) is 1. The Morgan fingerprint density at radius 1 is 1.42 bits per heavy atom. The van der Waals surface area contributed by atoms with Crippen LogP contribution in [0.15, 0.2) is 21.5 Å². The van der Waals surface area contributed by atoms with Gasteiger partial charge in [-0.15, -0.1) is 0 Å². The lowest BCUT2D eigenvalue weighted by molar-refractivity contribution is -0.388. The molecule has 0 bridgehead atoms. The summed E-state index contributed by atoms with van der Waals surface area (Å²) in [7, 11) is -2.44. The molecule has 0 saturated heterocycles. The fourth-order valence-corrected chi connectivity index (χ4v) is 4.58. The molecule has 0 saturated carbocycles. The van der Waals surface area contributed by atoms with Gasteiger partial charge in [-0.25, -0.2) is 17.5 Å². The maximum atomic E-state index is 13.6. The third kappa shape index (κ3) is 4.10. The minimum Gasteiger partial charge on any atom is -0.272 e. The van der Waals surface area contributed by atoms with Gasteiger partial charge in [0.2, 0.25) is 10.0 Å². The molecule has 11 heteroatoms. The highest BCUT2D eigenvalue weighted by molar-refractivity contribution is 9.10. The Balaban J connectivity index is 2.34. The smallest absolute Gasteiger partial charge is 0.272 e. The van der Waals surface area contributed by atoms with Crippen LogP contribution in [0.25, 0.3) is 0 Å². The number of aryl methyl sites for hydroxylation is 2. The maximum absolute atomic E-state index is 13.6. The predicted molar refractivity (Wildman–Crippen MR) is 96.9 cm³/mol. The van der Waals surface area contributed by atoms with E-state index in [1.54, 1.807) is 18.7 Å². The SMILES string of the molecule is Cc1nn(C)c(C)c1CC(C)NS(=O)(=O)c1cc(Br)c(F)cc1[N+](=O)[O-]. The molecule has 1 unspecified atom stereocenters. The summed E-state index contributed by atoms with van der Waals surface area (Å²) in [5.74, 6) is -0.912. The monoisotopic (exact) mass is 448 g/mol. The van der Waals surface area contributed by atoms with E-state index in [1.165, 1.54) is 0 Å². The number of nitrogens with zero attached hydrogens (tertiary/aromatic N) is 3. The fraction of sp³-hybridized carbons (Fsp3) is 0.400. The molecule has 1 aromatic carbocycles. The average Bonchev–Trinajstić information content (AvgIpc) is 2.75. The Kier molecular flexibility index (Phi) is 5.83. The van der Waals surface area contributed by atoms with Gasteiger partial charge in [0, 0.05) is 18.8 Å². The van der Waals surface area contributed by atoms with E-state index in [4.69, 9.17) is 0 Å². The molecule has 0 fully saturated rings. The van der Waals surface area contributed by atoms with Crippen molar-refractivity contribution in [3.8, 4) is 0 Å². The maximum Gasteiger partial charge on any atom is 0.292 e. The van der Waals surface area contributed by atoms with Crippen LogP contribution < -0.4 is 4.72 Å². The predicted octanol–water partition coefficient (Wildman–Crippen LogP) is 2.76. The third-order valence-corrected chi connectivity index (χ3v) is 6.24. The number of benzene rings is 1. The lowest BCUT2D eigenvalue weighted by Gasteiger charge is -2.15. The van der Waals surface area contributed by atoms with Crippen molar-refractivity contribution < 1.29 is 17.7 Å². The zero-order chi connectivity index (χ0) is 19.8. The summed E-state index contributed by atoms with van der Waals surface area (Å²) in [6.07, 6.45) is 0.362. The summed E-state index contributed by atoms with van der Waals surface area (Å²) in [6.45, 7) is 5.35. The summed E-state index contributed by atoms with van der Waals surface area (Å²) in [5.41, 5.74) is 1.77. The Labute approximate surface area is 158 Å². The summed E-state index contributed by atoms with van der Waals surface area (Å²) in [4.78, 5) is 9.60. The molecule has 1 N–H and O–H groups in total. The van der Waals surface area contributed by atoms with Gasteiger partial charge >= 0.3 is 0 Å². The molecule has 0 aliphatic rings. The van der Waals surface area contributed by atoms with Gasteiger partial charge < -0.3 is 0 Å². The van der Waals surface area contributed by atoms with Crippen molar-refractivity contribution in [2.24, 2.45) is 7.05 Å². The summed E-state index contributed by atoms with van der Waals surface area (Å²) < 4.78 is 42.8. The van der Waals surface area contributed by atoms with Gasteiger partial charge in [-0.1, -0.05) is 0 Å². The highest BCUT2D eigenvalue weighted by atomic mass is 79.9. The topological polar surface area (TPSA) is 107 Å². The van der Waals surface area contributed by atoms with E-state index < -0.39 is 37.4 Å². The van der Waals surface area contributed by atoms with E-state index >= 15 is 0 Å². The molecule has 2 aromatic rings. The highest BCUT2D eigenvalue weighted by Gasteiger charge is 2.29. The minimum absolute atomic E-state index is 0.171. The molecule has 26 heavy (non-hydrogen) atoms. The van der Waals surface area contributed by atoms with E-state index in [1.807, 2.05) is 13.8 Å². The van der Waals surface area contributed by atoms with E-state index in [9.17, 15) is 22.9 Å². The number of nitro benzene ring substituents is 1. The lowest BCUT2D eigenvalue weighted by atomic mass is 10.1. The molecule has 0 aliphatic carbocycles. The van der Waals surface area contributed by atoms with Crippen LogP contribution in [0.2, 0.25) is 0 Å². The quantitative estimate of drug-likeness (QED) is 0.539. The largest absolute Gasteiger partial charge is 0.292 e. The van der Waals surface area contributed by atoms with Crippen molar-refractivity contribution in [2.45, 2.75) is 38.1 Å². The molecule has 2 rings (SSSR count). The van der Waals surface area contributed by atoms with Gasteiger partial charge in [0.25, 0.3) is 5.69 Å². The van der Waals surface area contributed by atoms with Crippen molar-refractivity contribution in [3.05, 3.63) is 49.5 Å². The molecule has 1 aromatic heterocycles. The molecule has 0 amide bonds. The highest BCUT2D eigenvalue weighted by Crippen LogP contribution is 2.30. The van der Waals surface area contributed by atoms with Crippen LogP contribution in [-0.2, 0) is 23.5 Å². The van der Waals surface area contributed by atoms with Crippen LogP contribution in [0.5, 0.6) is 0 Å². The van der Waals surface area contributed by atoms with Crippen molar-refractivity contribution in [1.29, 1.82) is 0 Å². The molecule has 0 aliphatic heterocycles. The number of sulfonamides is 1. The van der Waals surface area contributed by atoms with Crippen LogP contribution in [0.1, 0.15) is 23.9 Å². The molecule has 142 valence electrons.